The van der Waals surface area contributed by atoms with Gasteiger partial charge in [0.05, 0.1) is 10.7 Å². The topological polar surface area (TPSA) is 81.1 Å². The molecule has 0 aliphatic heterocycles. The molecule has 6 heteroatoms. The van der Waals surface area contributed by atoms with E-state index in [0.29, 0.717) is 10.7 Å². The van der Waals surface area contributed by atoms with Crippen LogP contribution in [0.4, 0.5) is 0 Å². The van der Waals surface area contributed by atoms with Crippen LogP contribution in [0.1, 0.15) is 11.5 Å². The van der Waals surface area contributed by atoms with Gasteiger partial charge in [-0.05, 0) is 6.92 Å². The van der Waals surface area contributed by atoms with Crippen molar-refractivity contribution in [2.24, 2.45) is 12.8 Å². The SMILES string of the molecule is Cc1nc(C[C@H](N)C(=O)O)c(S)n1C. The molecule has 0 aliphatic carbocycles. The van der Waals surface area contributed by atoms with Crippen LogP contribution >= 0.6 is 12.6 Å². The lowest BCUT2D eigenvalue weighted by Gasteiger charge is -2.04. The van der Waals surface area contributed by atoms with Crippen LogP contribution in [0.2, 0.25) is 0 Å². The number of thiol groups is 1. The molecule has 1 aromatic heterocycles. The molecule has 0 spiro atoms. The molecule has 0 bridgehead atoms. The smallest absolute Gasteiger partial charge is 0.320 e. The number of hydrogen-bond acceptors (Lipinski definition) is 4. The third kappa shape index (κ3) is 2.08. The summed E-state index contributed by atoms with van der Waals surface area (Å²) in [4.78, 5) is 14.7. The van der Waals surface area contributed by atoms with Crippen LogP contribution in [-0.4, -0.2) is 26.7 Å². The van der Waals surface area contributed by atoms with Crippen LogP contribution in [0.3, 0.4) is 0 Å². The normalized spacial score (nSPS) is 12.9. The van der Waals surface area contributed by atoms with E-state index in [-0.39, 0.29) is 6.42 Å². The maximum atomic E-state index is 10.5. The number of nitrogens with zero attached hydrogens (tertiary/aromatic N) is 2. The molecule has 1 atom stereocenters. The zero-order valence-corrected chi connectivity index (χ0v) is 8.95. The highest BCUT2D eigenvalue weighted by Crippen LogP contribution is 2.15. The van der Waals surface area contributed by atoms with Crippen LogP contribution in [0.25, 0.3) is 0 Å². The first-order chi connectivity index (χ1) is 6.43. The zero-order chi connectivity index (χ0) is 10.9. The fraction of sp³-hybridized carbons (Fsp3) is 0.500. The number of aryl methyl sites for hydroxylation is 1. The molecule has 0 amide bonds. The number of hydrogen-bond donors (Lipinski definition) is 3. The summed E-state index contributed by atoms with van der Waals surface area (Å²) in [5.74, 6) is -0.233. The van der Waals surface area contributed by atoms with Crippen molar-refractivity contribution in [3.8, 4) is 0 Å². The summed E-state index contributed by atoms with van der Waals surface area (Å²) >= 11 is 4.23. The summed E-state index contributed by atoms with van der Waals surface area (Å²) in [5.41, 5.74) is 6.02. The Kier molecular flexibility index (Phi) is 3.17. The Morgan fingerprint density at radius 2 is 2.36 bits per heavy atom. The van der Waals surface area contributed by atoms with Crippen molar-refractivity contribution in [2.45, 2.75) is 24.4 Å². The minimum absolute atomic E-state index is 0.204. The number of aliphatic carboxylic acids is 1. The summed E-state index contributed by atoms with van der Waals surface area (Å²) in [6.07, 6.45) is 0.204. The van der Waals surface area contributed by atoms with Crippen LogP contribution in [0, 0.1) is 6.92 Å². The summed E-state index contributed by atoms with van der Waals surface area (Å²) < 4.78 is 1.78. The molecule has 1 rings (SSSR count). The van der Waals surface area contributed by atoms with E-state index in [2.05, 4.69) is 17.6 Å². The molecule has 0 fully saturated rings. The molecule has 0 saturated heterocycles. The van der Waals surface area contributed by atoms with Crippen molar-refractivity contribution in [2.75, 3.05) is 0 Å². The second-order valence-corrected chi connectivity index (χ2v) is 3.56. The average molecular weight is 215 g/mol. The van der Waals surface area contributed by atoms with E-state index in [1.807, 2.05) is 14.0 Å². The molecule has 14 heavy (non-hydrogen) atoms. The number of rotatable bonds is 3. The van der Waals surface area contributed by atoms with Gasteiger partial charge in [0.2, 0.25) is 0 Å². The predicted octanol–water partition coefficient (Wildman–Crippen LogP) is -0.0284. The van der Waals surface area contributed by atoms with Crippen molar-refractivity contribution < 1.29 is 9.90 Å². The Morgan fingerprint density at radius 3 is 2.71 bits per heavy atom. The third-order valence-electron chi connectivity index (χ3n) is 2.09. The molecule has 0 saturated carbocycles. The predicted molar refractivity (Wildman–Crippen MR) is 54.5 cm³/mol. The molecule has 78 valence electrons. The zero-order valence-electron chi connectivity index (χ0n) is 8.06. The van der Waals surface area contributed by atoms with Crippen molar-refractivity contribution in [3.63, 3.8) is 0 Å². The Balaban J connectivity index is 2.87. The maximum absolute atomic E-state index is 10.5. The van der Waals surface area contributed by atoms with E-state index in [1.54, 1.807) is 4.57 Å². The van der Waals surface area contributed by atoms with E-state index in [9.17, 15) is 4.79 Å². The molecule has 5 nitrogen and oxygen atoms in total. The second kappa shape index (κ2) is 4.02. The van der Waals surface area contributed by atoms with Crippen LogP contribution in [0.5, 0.6) is 0 Å². The van der Waals surface area contributed by atoms with Gasteiger partial charge in [0.15, 0.2) is 0 Å². The van der Waals surface area contributed by atoms with Crippen LogP contribution in [0.15, 0.2) is 5.03 Å². The highest BCUT2D eigenvalue weighted by molar-refractivity contribution is 7.80. The first-order valence-electron chi connectivity index (χ1n) is 4.13. The van der Waals surface area contributed by atoms with Crippen LogP contribution in [-0.2, 0) is 18.3 Å². The molecule has 0 unspecified atom stereocenters. The number of carbonyl (C=O) groups is 1. The van der Waals surface area contributed by atoms with Crippen molar-refractivity contribution in [3.05, 3.63) is 11.5 Å². The van der Waals surface area contributed by atoms with E-state index in [0.717, 1.165) is 5.82 Å². The van der Waals surface area contributed by atoms with E-state index >= 15 is 0 Å². The Morgan fingerprint density at radius 1 is 1.79 bits per heavy atom. The van der Waals surface area contributed by atoms with Gasteiger partial charge >= 0.3 is 5.97 Å². The molecular formula is C8H13N3O2S. The summed E-state index contributed by atoms with van der Waals surface area (Å²) in [7, 11) is 1.82. The first-order valence-corrected chi connectivity index (χ1v) is 4.57. The lowest BCUT2D eigenvalue weighted by atomic mass is 10.2. The van der Waals surface area contributed by atoms with Gasteiger partial charge in [-0.2, -0.15) is 0 Å². The molecule has 1 heterocycles. The van der Waals surface area contributed by atoms with Gasteiger partial charge < -0.3 is 15.4 Å². The van der Waals surface area contributed by atoms with E-state index in [4.69, 9.17) is 10.8 Å². The lowest BCUT2D eigenvalue weighted by molar-refractivity contribution is -0.138. The Labute approximate surface area is 87.3 Å². The van der Waals surface area contributed by atoms with Crippen LogP contribution < -0.4 is 5.73 Å². The van der Waals surface area contributed by atoms with Gasteiger partial charge in [0.1, 0.15) is 11.9 Å². The van der Waals surface area contributed by atoms with Gasteiger partial charge in [0.25, 0.3) is 0 Å². The molecule has 0 aromatic carbocycles. The van der Waals surface area contributed by atoms with Crippen molar-refractivity contribution in [1.82, 2.24) is 9.55 Å². The van der Waals surface area contributed by atoms with Crippen molar-refractivity contribution >= 4 is 18.6 Å². The Hall–Kier alpha value is -1.01. The minimum Gasteiger partial charge on any atom is -0.480 e. The molecular weight excluding hydrogens is 202 g/mol. The van der Waals surface area contributed by atoms with E-state index < -0.39 is 12.0 Å². The molecule has 1 aromatic rings. The number of aromatic nitrogens is 2. The third-order valence-corrected chi connectivity index (χ3v) is 2.65. The number of nitrogens with two attached hydrogens (primary N) is 1. The van der Waals surface area contributed by atoms with Gasteiger partial charge in [-0.25, -0.2) is 4.98 Å². The lowest BCUT2D eigenvalue weighted by Crippen LogP contribution is -2.32. The van der Waals surface area contributed by atoms with E-state index in [1.165, 1.54) is 0 Å². The minimum atomic E-state index is -1.03. The highest BCUT2D eigenvalue weighted by atomic mass is 32.1. The monoisotopic (exact) mass is 215 g/mol. The standard InChI is InChI=1S/C8H13N3O2S/c1-4-10-6(7(14)11(4)2)3-5(9)8(12)13/h5,14H,3,9H2,1-2H3,(H,12,13)/t5-/m0/s1. The number of imidazole rings is 1. The van der Waals surface area contributed by atoms with Gasteiger partial charge in [0, 0.05) is 13.5 Å². The summed E-state index contributed by atoms with van der Waals surface area (Å²) in [6.45, 7) is 1.83. The Bertz CT molecular complexity index is 362. The first kappa shape index (κ1) is 11.1. The summed E-state index contributed by atoms with van der Waals surface area (Å²) in [5, 5.41) is 9.29. The fourth-order valence-electron chi connectivity index (χ4n) is 1.10. The maximum Gasteiger partial charge on any atom is 0.320 e. The summed E-state index contributed by atoms with van der Waals surface area (Å²) in [6, 6.07) is -0.921. The quantitative estimate of drug-likeness (QED) is 0.619. The number of carboxylic acids is 1. The number of carboxylic acid groups (broad SMARTS) is 1. The van der Waals surface area contributed by atoms with Gasteiger partial charge in [-0.3, -0.25) is 4.79 Å². The van der Waals surface area contributed by atoms with Gasteiger partial charge in [-0.15, -0.1) is 12.6 Å². The van der Waals surface area contributed by atoms with Gasteiger partial charge in [-0.1, -0.05) is 0 Å². The second-order valence-electron chi connectivity index (χ2n) is 3.14. The molecule has 3 N–H and O–H groups in total. The highest BCUT2D eigenvalue weighted by Gasteiger charge is 2.17. The molecule has 0 radical (unpaired) electrons. The largest absolute Gasteiger partial charge is 0.480 e. The molecule has 0 aliphatic rings. The fourth-order valence-corrected chi connectivity index (χ4v) is 1.39. The van der Waals surface area contributed by atoms with Crippen molar-refractivity contribution in [1.29, 1.82) is 0 Å². The average Bonchev–Trinajstić information content (AvgIpc) is 2.33.